The van der Waals surface area contributed by atoms with Gasteiger partial charge in [0.25, 0.3) is 0 Å². The van der Waals surface area contributed by atoms with Gasteiger partial charge in [-0.15, -0.1) is 0 Å². The van der Waals surface area contributed by atoms with E-state index in [0.29, 0.717) is 11.6 Å². The second-order valence-corrected chi connectivity index (χ2v) is 8.95. The molecule has 1 aromatic rings. The Hall–Kier alpha value is -1.42. The lowest BCUT2D eigenvalue weighted by molar-refractivity contribution is 0.132. The van der Waals surface area contributed by atoms with Crippen molar-refractivity contribution in [3.05, 3.63) is 29.8 Å². The van der Waals surface area contributed by atoms with Gasteiger partial charge >= 0.3 is 0 Å². The number of likely N-dealkylation sites (tertiary alicyclic amines) is 1. The van der Waals surface area contributed by atoms with Gasteiger partial charge in [-0.05, 0) is 50.4 Å². The van der Waals surface area contributed by atoms with Gasteiger partial charge in [-0.3, -0.25) is 4.90 Å². The molecule has 2 fully saturated rings. The summed E-state index contributed by atoms with van der Waals surface area (Å²) in [5.41, 5.74) is 0.367. The topological polar surface area (TPSA) is 73.2 Å². The van der Waals surface area contributed by atoms with Gasteiger partial charge in [0, 0.05) is 18.6 Å². The Labute approximate surface area is 151 Å². The van der Waals surface area contributed by atoms with Gasteiger partial charge in [0.05, 0.1) is 16.5 Å². The van der Waals surface area contributed by atoms with Crippen LogP contribution in [0, 0.1) is 11.3 Å². The Morgan fingerprint density at radius 2 is 1.84 bits per heavy atom. The van der Waals surface area contributed by atoms with Crippen LogP contribution in [0.25, 0.3) is 0 Å². The minimum absolute atomic E-state index is 0.0484. The summed E-state index contributed by atoms with van der Waals surface area (Å²) < 4.78 is 28.2. The van der Waals surface area contributed by atoms with E-state index >= 15 is 0 Å². The fourth-order valence-corrected chi connectivity index (χ4v) is 5.38. The highest BCUT2D eigenvalue weighted by Gasteiger charge is 2.29. The smallest absolute Gasteiger partial charge is 0.240 e. The molecule has 1 saturated heterocycles. The highest BCUT2D eigenvalue weighted by molar-refractivity contribution is 7.89. The number of hydrogen-bond acceptors (Lipinski definition) is 4. The van der Waals surface area contributed by atoms with Crippen molar-refractivity contribution in [3.63, 3.8) is 0 Å². The number of sulfonamides is 1. The van der Waals surface area contributed by atoms with Crippen LogP contribution in [-0.2, 0) is 10.0 Å². The second kappa shape index (κ2) is 8.31. The van der Waals surface area contributed by atoms with Crippen LogP contribution in [0.2, 0.25) is 0 Å². The molecule has 1 saturated carbocycles. The summed E-state index contributed by atoms with van der Waals surface area (Å²) in [6, 6.07) is 8.78. The van der Waals surface area contributed by atoms with Crippen molar-refractivity contribution < 1.29 is 8.42 Å². The third-order valence-corrected chi connectivity index (χ3v) is 6.91. The molecular formula is C19H27N3O2S. The molecule has 1 aliphatic heterocycles. The van der Waals surface area contributed by atoms with Gasteiger partial charge in [0.1, 0.15) is 0 Å². The summed E-state index contributed by atoms with van der Waals surface area (Å²) in [5, 5.41) is 8.98. The number of rotatable bonds is 4. The van der Waals surface area contributed by atoms with Gasteiger partial charge in [-0.1, -0.05) is 31.7 Å². The maximum Gasteiger partial charge on any atom is 0.240 e. The Bertz CT molecular complexity index is 718. The predicted octanol–water partition coefficient (Wildman–Crippen LogP) is 3.02. The average molecular weight is 362 g/mol. The first-order valence-corrected chi connectivity index (χ1v) is 10.8. The molecule has 3 rings (SSSR count). The third-order valence-electron chi connectivity index (χ3n) is 5.39. The molecule has 136 valence electrons. The van der Waals surface area contributed by atoms with E-state index in [0.717, 1.165) is 25.9 Å². The molecule has 1 N–H and O–H groups in total. The fourth-order valence-electron chi connectivity index (χ4n) is 4.08. The molecule has 0 spiro atoms. The van der Waals surface area contributed by atoms with E-state index in [1.165, 1.54) is 44.6 Å². The van der Waals surface area contributed by atoms with Gasteiger partial charge in [0.2, 0.25) is 10.0 Å². The molecule has 2 aliphatic rings. The maximum atomic E-state index is 12.7. The van der Waals surface area contributed by atoms with E-state index in [4.69, 9.17) is 5.26 Å². The van der Waals surface area contributed by atoms with E-state index in [9.17, 15) is 8.42 Å². The molecular weight excluding hydrogens is 334 g/mol. The van der Waals surface area contributed by atoms with Crippen LogP contribution >= 0.6 is 0 Å². The van der Waals surface area contributed by atoms with Crippen molar-refractivity contribution >= 4 is 10.0 Å². The number of nitrogens with zero attached hydrogens (tertiary/aromatic N) is 2. The van der Waals surface area contributed by atoms with Gasteiger partial charge in [-0.2, -0.15) is 5.26 Å². The van der Waals surface area contributed by atoms with Crippen molar-refractivity contribution in [2.24, 2.45) is 0 Å². The van der Waals surface area contributed by atoms with Crippen LogP contribution in [0.4, 0.5) is 0 Å². The summed E-state index contributed by atoms with van der Waals surface area (Å²) in [4.78, 5) is 2.67. The summed E-state index contributed by atoms with van der Waals surface area (Å²) in [6.45, 7) is 1.87. The van der Waals surface area contributed by atoms with E-state index in [1.54, 1.807) is 18.2 Å². The highest BCUT2D eigenvalue weighted by atomic mass is 32.2. The van der Waals surface area contributed by atoms with Gasteiger partial charge in [0.15, 0.2) is 0 Å². The van der Waals surface area contributed by atoms with Crippen LogP contribution in [-0.4, -0.2) is 38.5 Å². The van der Waals surface area contributed by atoms with Crippen LogP contribution in [0.15, 0.2) is 29.2 Å². The second-order valence-electron chi connectivity index (χ2n) is 7.24. The molecule has 25 heavy (non-hydrogen) atoms. The van der Waals surface area contributed by atoms with Gasteiger partial charge < -0.3 is 0 Å². The molecule has 0 unspecified atom stereocenters. The quantitative estimate of drug-likeness (QED) is 0.837. The monoisotopic (exact) mass is 361 g/mol. The fraction of sp³-hybridized carbons (Fsp3) is 0.632. The minimum Gasteiger partial charge on any atom is -0.299 e. The van der Waals surface area contributed by atoms with Crippen molar-refractivity contribution in [1.29, 1.82) is 5.26 Å². The standard InChI is InChI=1S/C19H27N3O2S/c20-14-16-7-5-11-19(13-16)25(23,24)21-17-8-6-12-22(15-17)18-9-3-1-2-4-10-18/h5,7,11,13,17-18,21H,1-4,6,8-10,12,15H2/t17-/m0/s1. The molecule has 1 aliphatic carbocycles. The minimum atomic E-state index is -3.58. The zero-order valence-electron chi connectivity index (χ0n) is 14.7. The van der Waals surface area contributed by atoms with E-state index in [2.05, 4.69) is 9.62 Å². The normalized spacial score (nSPS) is 23.7. The van der Waals surface area contributed by atoms with Crippen LogP contribution in [0.3, 0.4) is 0 Å². The lowest BCUT2D eigenvalue weighted by Crippen LogP contribution is -2.50. The van der Waals surface area contributed by atoms with Gasteiger partial charge in [-0.25, -0.2) is 13.1 Å². The molecule has 6 heteroatoms. The maximum absolute atomic E-state index is 12.7. The molecule has 1 heterocycles. The van der Waals surface area contributed by atoms with Crippen LogP contribution < -0.4 is 4.72 Å². The number of piperidine rings is 1. The molecule has 0 radical (unpaired) electrons. The number of hydrogen-bond donors (Lipinski definition) is 1. The summed E-state index contributed by atoms with van der Waals surface area (Å²) >= 11 is 0. The highest BCUT2D eigenvalue weighted by Crippen LogP contribution is 2.25. The zero-order chi connectivity index (χ0) is 17.7. The molecule has 0 bridgehead atoms. The number of nitrogens with one attached hydrogen (secondary N) is 1. The van der Waals surface area contributed by atoms with Crippen LogP contribution in [0.5, 0.6) is 0 Å². The van der Waals surface area contributed by atoms with E-state index in [1.807, 2.05) is 6.07 Å². The zero-order valence-corrected chi connectivity index (χ0v) is 15.5. The lowest BCUT2D eigenvalue weighted by atomic mass is 10.0. The predicted molar refractivity (Wildman–Crippen MR) is 97.6 cm³/mol. The Balaban J connectivity index is 1.66. The largest absolute Gasteiger partial charge is 0.299 e. The average Bonchev–Trinajstić information content (AvgIpc) is 2.91. The Kier molecular flexibility index (Phi) is 6.10. The molecule has 1 aromatic carbocycles. The van der Waals surface area contributed by atoms with Crippen molar-refractivity contribution in [2.45, 2.75) is 68.3 Å². The SMILES string of the molecule is N#Cc1cccc(S(=O)(=O)N[C@H]2CCCN(C3CCCCCC3)C2)c1. The number of benzene rings is 1. The van der Waals surface area contributed by atoms with Crippen LogP contribution in [0.1, 0.15) is 56.9 Å². The molecule has 5 nitrogen and oxygen atoms in total. The first kappa shape index (κ1) is 18.4. The molecule has 0 aromatic heterocycles. The Morgan fingerprint density at radius 3 is 2.56 bits per heavy atom. The van der Waals surface area contributed by atoms with E-state index in [-0.39, 0.29) is 10.9 Å². The first-order chi connectivity index (χ1) is 12.1. The van der Waals surface area contributed by atoms with Crippen molar-refractivity contribution in [2.75, 3.05) is 13.1 Å². The lowest BCUT2D eigenvalue weighted by Gasteiger charge is -2.38. The first-order valence-electron chi connectivity index (χ1n) is 9.35. The third kappa shape index (κ3) is 4.81. The molecule has 1 atom stereocenters. The summed E-state index contributed by atoms with van der Waals surface area (Å²) in [7, 11) is -3.58. The summed E-state index contributed by atoms with van der Waals surface area (Å²) in [5.74, 6) is 0. The Morgan fingerprint density at radius 1 is 1.08 bits per heavy atom. The number of nitriles is 1. The van der Waals surface area contributed by atoms with Crippen molar-refractivity contribution in [1.82, 2.24) is 9.62 Å². The summed E-state index contributed by atoms with van der Waals surface area (Å²) in [6.07, 6.45) is 9.62. The van der Waals surface area contributed by atoms with Crippen molar-refractivity contribution in [3.8, 4) is 6.07 Å². The van der Waals surface area contributed by atoms with E-state index < -0.39 is 10.0 Å². The molecule has 0 amide bonds.